The van der Waals surface area contributed by atoms with Crippen molar-refractivity contribution in [3.63, 3.8) is 0 Å². The lowest BCUT2D eigenvalue weighted by Crippen LogP contribution is -2.35. The van der Waals surface area contributed by atoms with Crippen LogP contribution in [0.1, 0.15) is 6.92 Å². The molecular weight excluding hydrogens is 299 g/mol. The molecule has 1 atom stereocenters. The molecule has 0 fully saturated rings. The van der Waals surface area contributed by atoms with Crippen molar-refractivity contribution in [1.82, 2.24) is 5.32 Å². The number of nitrogens with one attached hydrogen (secondary N) is 1. The zero-order chi connectivity index (χ0) is 12.9. The Hall–Kier alpha value is -0.750. The van der Waals surface area contributed by atoms with Crippen molar-refractivity contribution in [2.75, 3.05) is 13.1 Å². The summed E-state index contributed by atoms with van der Waals surface area (Å²) in [5, 5.41) is 2.30. The third-order valence-electron chi connectivity index (χ3n) is 1.89. The Morgan fingerprint density at radius 1 is 1.41 bits per heavy atom. The van der Waals surface area contributed by atoms with Gasteiger partial charge in [0.15, 0.2) is 0 Å². The summed E-state index contributed by atoms with van der Waals surface area (Å²) in [6.45, 7) is 0.857. The average molecular weight is 312 g/mol. The van der Waals surface area contributed by atoms with E-state index in [1.807, 2.05) is 6.07 Å². The van der Waals surface area contributed by atoms with Gasteiger partial charge in [-0.3, -0.25) is 0 Å². The van der Waals surface area contributed by atoms with Crippen LogP contribution < -0.4 is 10.1 Å². The van der Waals surface area contributed by atoms with E-state index in [1.165, 1.54) is 0 Å². The van der Waals surface area contributed by atoms with Crippen LogP contribution in [-0.2, 0) is 0 Å². The minimum absolute atomic E-state index is 0.145. The summed E-state index contributed by atoms with van der Waals surface area (Å²) in [4.78, 5) is 0. The van der Waals surface area contributed by atoms with Crippen molar-refractivity contribution < 1.29 is 17.9 Å². The molecule has 0 radical (unpaired) electrons. The van der Waals surface area contributed by atoms with E-state index in [4.69, 9.17) is 4.74 Å². The van der Waals surface area contributed by atoms with Crippen LogP contribution >= 0.6 is 15.9 Å². The van der Waals surface area contributed by atoms with E-state index < -0.39 is 12.7 Å². The van der Waals surface area contributed by atoms with Crippen LogP contribution in [0.25, 0.3) is 0 Å². The summed E-state index contributed by atoms with van der Waals surface area (Å²) in [6.07, 6.45) is -4.51. The largest absolute Gasteiger partial charge is 0.489 e. The first kappa shape index (κ1) is 14.3. The van der Waals surface area contributed by atoms with Gasteiger partial charge < -0.3 is 10.1 Å². The molecular formula is C11H13BrF3NO. The number of hydrogen-bond donors (Lipinski definition) is 1. The number of alkyl halides is 3. The highest BCUT2D eigenvalue weighted by atomic mass is 79.9. The molecule has 1 rings (SSSR count). The first-order valence-corrected chi connectivity index (χ1v) is 5.86. The fourth-order valence-corrected chi connectivity index (χ4v) is 1.61. The van der Waals surface area contributed by atoms with Crippen molar-refractivity contribution in [2.24, 2.45) is 0 Å². The molecule has 0 saturated heterocycles. The number of benzene rings is 1. The first-order chi connectivity index (χ1) is 7.87. The third-order valence-corrected chi connectivity index (χ3v) is 2.38. The van der Waals surface area contributed by atoms with E-state index in [0.29, 0.717) is 5.75 Å². The van der Waals surface area contributed by atoms with Crippen LogP contribution in [0.3, 0.4) is 0 Å². The highest BCUT2D eigenvalue weighted by molar-refractivity contribution is 9.10. The van der Waals surface area contributed by atoms with Crippen molar-refractivity contribution >= 4 is 15.9 Å². The van der Waals surface area contributed by atoms with Gasteiger partial charge in [0.1, 0.15) is 11.9 Å². The highest BCUT2D eigenvalue weighted by Gasteiger charge is 2.26. The lowest BCUT2D eigenvalue weighted by Gasteiger charge is -2.16. The molecule has 0 saturated carbocycles. The molecule has 0 bridgehead atoms. The van der Waals surface area contributed by atoms with Crippen LogP contribution in [0.5, 0.6) is 5.75 Å². The van der Waals surface area contributed by atoms with E-state index in [9.17, 15) is 13.2 Å². The molecule has 0 heterocycles. The predicted octanol–water partition coefficient (Wildman–Crippen LogP) is 3.37. The molecule has 0 amide bonds. The average Bonchev–Trinajstić information content (AvgIpc) is 2.15. The Morgan fingerprint density at radius 3 is 2.71 bits per heavy atom. The predicted molar refractivity (Wildman–Crippen MR) is 63.2 cm³/mol. The zero-order valence-electron chi connectivity index (χ0n) is 9.22. The monoisotopic (exact) mass is 311 g/mol. The molecule has 6 heteroatoms. The molecule has 0 aliphatic heterocycles. The maximum Gasteiger partial charge on any atom is 0.401 e. The summed E-state index contributed by atoms with van der Waals surface area (Å²) in [6, 6.07) is 7.17. The standard InChI is InChI=1S/C11H13BrF3NO/c1-8(6-16-7-11(13,14)15)17-10-4-2-3-9(12)5-10/h2-5,8,16H,6-7H2,1H3. The third kappa shape index (κ3) is 6.53. The summed E-state index contributed by atoms with van der Waals surface area (Å²) in [7, 11) is 0. The lowest BCUT2D eigenvalue weighted by molar-refractivity contribution is -0.125. The second-order valence-corrected chi connectivity index (χ2v) is 4.55. The van der Waals surface area contributed by atoms with Crippen LogP contribution in [0.4, 0.5) is 13.2 Å². The van der Waals surface area contributed by atoms with Crippen molar-refractivity contribution in [3.8, 4) is 5.75 Å². The van der Waals surface area contributed by atoms with Gasteiger partial charge in [-0.15, -0.1) is 0 Å². The Balaban J connectivity index is 2.32. The summed E-state index contributed by atoms with van der Waals surface area (Å²) in [5.41, 5.74) is 0. The quantitative estimate of drug-likeness (QED) is 0.900. The summed E-state index contributed by atoms with van der Waals surface area (Å²) in [5.74, 6) is 0.626. The van der Waals surface area contributed by atoms with Gasteiger partial charge in [0.25, 0.3) is 0 Å². The van der Waals surface area contributed by atoms with Crippen LogP contribution in [0, 0.1) is 0 Å². The van der Waals surface area contributed by atoms with Crippen LogP contribution in [-0.4, -0.2) is 25.4 Å². The topological polar surface area (TPSA) is 21.3 Å². The zero-order valence-corrected chi connectivity index (χ0v) is 10.8. The Labute approximate surface area is 106 Å². The van der Waals surface area contributed by atoms with Crippen molar-refractivity contribution in [3.05, 3.63) is 28.7 Å². The van der Waals surface area contributed by atoms with E-state index >= 15 is 0 Å². The molecule has 0 spiro atoms. The fraction of sp³-hybridized carbons (Fsp3) is 0.455. The smallest absolute Gasteiger partial charge is 0.401 e. The van der Waals surface area contributed by atoms with E-state index in [0.717, 1.165) is 4.47 Å². The summed E-state index contributed by atoms with van der Waals surface area (Å²) < 4.78 is 41.9. The normalized spacial score (nSPS) is 13.5. The Morgan fingerprint density at radius 2 is 2.12 bits per heavy atom. The van der Waals surface area contributed by atoms with Gasteiger partial charge in [-0.1, -0.05) is 22.0 Å². The molecule has 0 aliphatic carbocycles. The van der Waals surface area contributed by atoms with Gasteiger partial charge >= 0.3 is 6.18 Å². The highest BCUT2D eigenvalue weighted by Crippen LogP contribution is 2.18. The minimum Gasteiger partial charge on any atom is -0.489 e. The molecule has 0 aromatic heterocycles. The SMILES string of the molecule is CC(CNCC(F)(F)F)Oc1cccc(Br)c1. The molecule has 2 nitrogen and oxygen atoms in total. The molecule has 96 valence electrons. The molecule has 1 aromatic rings. The second kappa shape index (κ2) is 6.26. The molecule has 0 aliphatic rings. The van der Waals surface area contributed by atoms with E-state index in [-0.39, 0.29) is 12.6 Å². The minimum atomic E-state index is -4.19. The van der Waals surface area contributed by atoms with Gasteiger partial charge in [0, 0.05) is 11.0 Å². The van der Waals surface area contributed by atoms with Gasteiger partial charge in [0.05, 0.1) is 6.54 Å². The maximum atomic E-state index is 11.9. The molecule has 1 N–H and O–H groups in total. The molecule has 17 heavy (non-hydrogen) atoms. The number of rotatable bonds is 5. The van der Waals surface area contributed by atoms with E-state index in [1.54, 1.807) is 25.1 Å². The Kier molecular flexibility index (Phi) is 5.27. The van der Waals surface area contributed by atoms with Crippen LogP contribution in [0.2, 0.25) is 0 Å². The van der Waals surface area contributed by atoms with Crippen molar-refractivity contribution in [2.45, 2.75) is 19.2 Å². The Bertz CT molecular complexity index is 357. The maximum absolute atomic E-state index is 11.9. The fourth-order valence-electron chi connectivity index (χ4n) is 1.23. The summed E-state index contributed by atoms with van der Waals surface area (Å²) >= 11 is 3.29. The van der Waals surface area contributed by atoms with Gasteiger partial charge in [-0.25, -0.2) is 0 Å². The number of halogens is 4. The lowest BCUT2D eigenvalue weighted by atomic mass is 10.3. The number of ether oxygens (including phenoxy) is 1. The first-order valence-electron chi connectivity index (χ1n) is 5.06. The molecule has 1 unspecified atom stereocenters. The van der Waals surface area contributed by atoms with Gasteiger partial charge in [-0.2, -0.15) is 13.2 Å². The van der Waals surface area contributed by atoms with Gasteiger partial charge in [-0.05, 0) is 25.1 Å². The van der Waals surface area contributed by atoms with E-state index in [2.05, 4.69) is 21.2 Å². The van der Waals surface area contributed by atoms with Crippen LogP contribution in [0.15, 0.2) is 28.7 Å². The second-order valence-electron chi connectivity index (χ2n) is 3.63. The van der Waals surface area contributed by atoms with Crippen molar-refractivity contribution in [1.29, 1.82) is 0 Å². The molecule has 1 aromatic carbocycles. The van der Waals surface area contributed by atoms with Gasteiger partial charge in [0.2, 0.25) is 0 Å². The number of hydrogen-bond acceptors (Lipinski definition) is 2.